The van der Waals surface area contributed by atoms with Gasteiger partial charge in [0, 0.05) is 31.9 Å². The number of benzene rings is 1. The van der Waals surface area contributed by atoms with Crippen LogP contribution >= 0.6 is 0 Å². The molecule has 0 bridgehead atoms. The Bertz CT molecular complexity index is 567. The van der Waals surface area contributed by atoms with Gasteiger partial charge in [0.25, 0.3) is 0 Å². The highest BCUT2D eigenvalue weighted by Gasteiger charge is 2.20. The minimum absolute atomic E-state index is 0.112. The van der Waals surface area contributed by atoms with Crippen molar-refractivity contribution in [2.75, 3.05) is 6.54 Å². The van der Waals surface area contributed by atoms with Gasteiger partial charge in [0.05, 0.1) is 0 Å². The summed E-state index contributed by atoms with van der Waals surface area (Å²) in [6, 6.07) is 10.5. The Kier molecular flexibility index (Phi) is 4.34. The average Bonchev–Trinajstić information content (AvgIpc) is 3.14. The van der Waals surface area contributed by atoms with E-state index in [2.05, 4.69) is 34.7 Å². The maximum atomic E-state index is 11.8. The van der Waals surface area contributed by atoms with Crippen molar-refractivity contribution in [2.45, 2.75) is 32.2 Å². The molecule has 1 heterocycles. The molecule has 4 heteroatoms. The first kappa shape index (κ1) is 13.9. The average molecular weight is 283 g/mol. The zero-order valence-electron chi connectivity index (χ0n) is 12.2. The number of hydrogen-bond donors (Lipinski definition) is 1. The van der Waals surface area contributed by atoms with E-state index in [9.17, 15) is 4.79 Å². The summed E-state index contributed by atoms with van der Waals surface area (Å²) in [7, 11) is 0. The molecule has 0 unspecified atom stereocenters. The summed E-state index contributed by atoms with van der Waals surface area (Å²) >= 11 is 0. The molecule has 21 heavy (non-hydrogen) atoms. The van der Waals surface area contributed by atoms with Crippen molar-refractivity contribution in [1.82, 2.24) is 15.1 Å². The fourth-order valence-corrected chi connectivity index (χ4v) is 3.01. The zero-order valence-corrected chi connectivity index (χ0v) is 12.2. The van der Waals surface area contributed by atoms with Gasteiger partial charge in [-0.1, -0.05) is 24.3 Å². The summed E-state index contributed by atoms with van der Waals surface area (Å²) in [6.45, 7) is 1.42. The molecule has 0 radical (unpaired) electrons. The summed E-state index contributed by atoms with van der Waals surface area (Å²) in [5.41, 5.74) is 2.96. The van der Waals surface area contributed by atoms with Gasteiger partial charge in [0.1, 0.15) is 0 Å². The molecule has 3 rings (SSSR count). The third-order valence-electron chi connectivity index (χ3n) is 4.14. The number of rotatable bonds is 6. The zero-order chi connectivity index (χ0) is 14.5. The van der Waals surface area contributed by atoms with E-state index in [1.165, 1.54) is 11.1 Å². The van der Waals surface area contributed by atoms with Crippen molar-refractivity contribution < 1.29 is 4.79 Å². The lowest BCUT2D eigenvalue weighted by atomic mass is 10.0. The molecule has 0 atom stereocenters. The molecule has 4 nitrogen and oxygen atoms in total. The maximum absolute atomic E-state index is 11.8. The van der Waals surface area contributed by atoms with Crippen LogP contribution < -0.4 is 5.32 Å². The summed E-state index contributed by atoms with van der Waals surface area (Å²) in [5.74, 6) is 0.787. The van der Waals surface area contributed by atoms with Crippen LogP contribution in [0.2, 0.25) is 0 Å². The number of amides is 1. The molecule has 1 aromatic heterocycles. The molecule has 1 amide bonds. The van der Waals surface area contributed by atoms with Crippen LogP contribution in [0.15, 0.2) is 42.7 Å². The predicted molar refractivity (Wildman–Crippen MR) is 81.8 cm³/mol. The molecule has 2 aromatic rings. The number of carbonyl (C=O) groups is 1. The van der Waals surface area contributed by atoms with Crippen LogP contribution in [-0.2, 0) is 24.2 Å². The molecule has 1 aliphatic carbocycles. The molecule has 1 aromatic carbocycles. The van der Waals surface area contributed by atoms with Gasteiger partial charge < -0.3 is 5.32 Å². The number of hydrogen-bond acceptors (Lipinski definition) is 2. The van der Waals surface area contributed by atoms with Crippen LogP contribution in [0.1, 0.15) is 24.0 Å². The first-order chi connectivity index (χ1) is 10.3. The number of nitrogens with zero attached hydrogens (tertiary/aromatic N) is 2. The van der Waals surface area contributed by atoms with Crippen LogP contribution in [0.25, 0.3) is 0 Å². The van der Waals surface area contributed by atoms with Gasteiger partial charge in [-0.2, -0.15) is 5.10 Å². The van der Waals surface area contributed by atoms with Crippen molar-refractivity contribution in [3.63, 3.8) is 0 Å². The maximum Gasteiger partial charge on any atom is 0.221 e. The summed E-state index contributed by atoms with van der Waals surface area (Å²) in [5, 5.41) is 7.11. The molecule has 0 fully saturated rings. The lowest BCUT2D eigenvalue weighted by Gasteiger charge is -2.10. The van der Waals surface area contributed by atoms with Gasteiger partial charge in [0.15, 0.2) is 0 Å². The van der Waals surface area contributed by atoms with E-state index in [4.69, 9.17) is 0 Å². The first-order valence-electron chi connectivity index (χ1n) is 7.62. The van der Waals surface area contributed by atoms with Gasteiger partial charge in [-0.3, -0.25) is 9.48 Å². The number of fused-ring (bicyclic) bond motifs is 1. The monoisotopic (exact) mass is 283 g/mol. The summed E-state index contributed by atoms with van der Waals surface area (Å²) in [6.07, 6.45) is 7.46. The number of carbonyl (C=O) groups excluding carboxylic acids is 1. The molecule has 0 saturated heterocycles. The molecular weight excluding hydrogens is 262 g/mol. The van der Waals surface area contributed by atoms with E-state index in [-0.39, 0.29) is 5.91 Å². The standard InChI is InChI=1S/C17H21N3O/c21-17(7-11-20-10-3-8-19-20)18-9-6-14-12-15-4-1-2-5-16(15)13-14/h1-5,8,10,14H,6-7,9,11-13H2,(H,18,21). The first-order valence-corrected chi connectivity index (χ1v) is 7.62. The van der Waals surface area contributed by atoms with Crippen LogP contribution in [0.4, 0.5) is 0 Å². The minimum atomic E-state index is 0.112. The Morgan fingerprint density at radius 1 is 1.24 bits per heavy atom. The summed E-state index contributed by atoms with van der Waals surface area (Å²) in [4.78, 5) is 11.8. The Hall–Kier alpha value is -2.10. The van der Waals surface area contributed by atoms with Gasteiger partial charge in [-0.15, -0.1) is 0 Å². The normalized spacial score (nSPS) is 14.1. The van der Waals surface area contributed by atoms with Crippen molar-refractivity contribution >= 4 is 5.91 Å². The van der Waals surface area contributed by atoms with E-state index in [0.29, 0.717) is 18.9 Å². The topological polar surface area (TPSA) is 46.9 Å². The highest BCUT2D eigenvalue weighted by atomic mass is 16.1. The number of aryl methyl sites for hydroxylation is 1. The lowest BCUT2D eigenvalue weighted by molar-refractivity contribution is -0.121. The second-order valence-corrected chi connectivity index (χ2v) is 5.70. The van der Waals surface area contributed by atoms with Gasteiger partial charge in [0.2, 0.25) is 5.91 Å². The highest BCUT2D eigenvalue weighted by molar-refractivity contribution is 5.75. The fraction of sp³-hybridized carbons (Fsp3) is 0.412. The SMILES string of the molecule is O=C(CCn1cccn1)NCCC1Cc2ccccc2C1. The van der Waals surface area contributed by atoms with E-state index in [1.54, 1.807) is 10.9 Å². The second-order valence-electron chi connectivity index (χ2n) is 5.70. The van der Waals surface area contributed by atoms with E-state index in [1.807, 2.05) is 12.3 Å². The molecular formula is C17H21N3O. The van der Waals surface area contributed by atoms with Gasteiger partial charge >= 0.3 is 0 Å². The number of nitrogens with one attached hydrogen (secondary N) is 1. The quantitative estimate of drug-likeness (QED) is 0.883. The number of aromatic nitrogens is 2. The van der Waals surface area contributed by atoms with Gasteiger partial charge in [-0.25, -0.2) is 0 Å². The Balaban J connectivity index is 1.34. The van der Waals surface area contributed by atoms with Crippen LogP contribution in [0, 0.1) is 5.92 Å². The molecule has 1 N–H and O–H groups in total. The Morgan fingerprint density at radius 2 is 2.00 bits per heavy atom. The molecule has 0 spiro atoms. The minimum Gasteiger partial charge on any atom is -0.356 e. The molecule has 110 valence electrons. The third kappa shape index (κ3) is 3.72. The van der Waals surface area contributed by atoms with Crippen molar-refractivity contribution in [3.05, 3.63) is 53.9 Å². The smallest absolute Gasteiger partial charge is 0.221 e. The van der Waals surface area contributed by atoms with E-state index >= 15 is 0 Å². The fourth-order valence-electron chi connectivity index (χ4n) is 3.01. The predicted octanol–water partition coefficient (Wildman–Crippen LogP) is 2.19. The lowest BCUT2D eigenvalue weighted by Crippen LogP contribution is -2.27. The van der Waals surface area contributed by atoms with Crippen molar-refractivity contribution in [2.24, 2.45) is 5.92 Å². The van der Waals surface area contributed by atoms with Crippen molar-refractivity contribution in [1.29, 1.82) is 0 Å². The Labute approximate surface area is 125 Å². The molecule has 0 aliphatic heterocycles. The largest absolute Gasteiger partial charge is 0.356 e. The molecule has 0 saturated carbocycles. The Morgan fingerprint density at radius 3 is 2.67 bits per heavy atom. The van der Waals surface area contributed by atoms with Crippen LogP contribution in [0.3, 0.4) is 0 Å². The van der Waals surface area contributed by atoms with Crippen LogP contribution in [0.5, 0.6) is 0 Å². The highest BCUT2D eigenvalue weighted by Crippen LogP contribution is 2.28. The summed E-state index contributed by atoms with van der Waals surface area (Å²) < 4.78 is 1.78. The second kappa shape index (κ2) is 6.57. The van der Waals surface area contributed by atoms with E-state index < -0.39 is 0 Å². The third-order valence-corrected chi connectivity index (χ3v) is 4.14. The van der Waals surface area contributed by atoms with Gasteiger partial charge in [-0.05, 0) is 42.4 Å². The molecule has 1 aliphatic rings. The van der Waals surface area contributed by atoms with Crippen molar-refractivity contribution in [3.8, 4) is 0 Å². The van der Waals surface area contributed by atoms with Crippen LogP contribution in [-0.4, -0.2) is 22.2 Å². The van der Waals surface area contributed by atoms with E-state index in [0.717, 1.165) is 25.8 Å².